The second kappa shape index (κ2) is 8.33. The van der Waals surface area contributed by atoms with Gasteiger partial charge in [-0.25, -0.2) is 0 Å². The Balaban J connectivity index is 1.71. The summed E-state index contributed by atoms with van der Waals surface area (Å²) in [5.41, 5.74) is 1.18. The molecule has 4 nitrogen and oxygen atoms in total. The van der Waals surface area contributed by atoms with Crippen LogP contribution in [0, 0.1) is 0 Å². The molecule has 1 amide bonds. The van der Waals surface area contributed by atoms with E-state index in [1.54, 1.807) is 30.2 Å². The van der Waals surface area contributed by atoms with E-state index in [9.17, 15) is 18.4 Å². The molecular formula is C22H21F2NO3. The molecule has 0 N–H and O–H groups in total. The zero-order chi connectivity index (χ0) is 20.1. The fraction of sp³-hybridized carbons (Fsp3) is 0.273. The third-order valence-corrected chi connectivity index (χ3v) is 4.75. The Bertz CT molecular complexity index is 876. The zero-order valence-electron chi connectivity index (χ0n) is 15.5. The highest BCUT2D eigenvalue weighted by atomic mass is 19.3. The van der Waals surface area contributed by atoms with Gasteiger partial charge < -0.3 is 9.64 Å². The first-order valence-corrected chi connectivity index (χ1v) is 9.01. The van der Waals surface area contributed by atoms with Crippen molar-refractivity contribution in [2.24, 2.45) is 0 Å². The molecule has 0 radical (unpaired) electrons. The predicted molar refractivity (Wildman–Crippen MR) is 101 cm³/mol. The summed E-state index contributed by atoms with van der Waals surface area (Å²) in [7, 11) is 1.57. The van der Waals surface area contributed by atoms with Crippen LogP contribution in [0.5, 0.6) is 5.75 Å². The van der Waals surface area contributed by atoms with E-state index in [0.717, 1.165) is 5.56 Å². The number of methoxy groups -OCH3 is 1. The summed E-state index contributed by atoms with van der Waals surface area (Å²) in [4.78, 5) is 25.9. The minimum Gasteiger partial charge on any atom is -0.497 e. The number of hydrogen-bond acceptors (Lipinski definition) is 3. The number of allylic oxidation sites excluding steroid dienone is 2. The molecule has 28 heavy (non-hydrogen) atoms. The molecule has 0 aromatic heterocycles. The van der Waals surface area contributed by atoms with Gasteiger partial charge in [-0.15, -0.1) is 0 Å². The number of Topliss-reactive ketones (excluding diaryl/α,β-unsaturated/α-hetero) is 1. The number of ketones is 1. The molecule has 1 heterocycles. The highest BCUT2D eigenvalue weighted by molar-refractivity contribution is 5.88. The van der Waals surface area contributed by atoms with Crippen LogP contribution < -0.4 is 4.74 Å². The topological polar surface area (TPSA) is 46.6 Å². The number of ether oxygens (including phenoxy) is 1. The molecular weight excluding hydrogens is 364 g/mol. The molecule has 1 aliphatic rings. The molecule has 0 unspecified atom stereocenters. The Morgan fingerprint density at radius 3 is 2.43 bits per heavy atom. The van der Waals surface area contributed by atoms with Crippen LogP contribution >= 0.6 is 0 Å². The van der Waals surface area contributed by atoms with Crippen molar-refractivity contribution in [3.05, 3.63) is 77.5 Å². The van der Waals surface area contributed by atoms with E-state index in [4.69, 9.17) is 4.74 Å². The van der Waals surface area contributed by atoms with Crippen LogP contribution in [0.3, 0.4) is 0 Å². The van der Waals surface area contributed by atoms with Gasteiger partial charge in [-0.3, -0.25) is 9.59 Å². The number of nitrogens with zero attached hydrogens (tertiary/aromatic N) is 1. The van der Waals surface area contributed by atoms with Crippen LogP contribution in [0.1, 0.15) is 30.4 Å². The molecule has 0 atom stereocenters. The Morgan fingerprint density at radius 2 is 1.79 bits per heavy atom. The molecule has 0 bridgehead atoms. The SMILES string of the molecule is COc1ccc(CN2C(=O)CCC2=CCC(=O)C(F)(F)c2ccccc2)cc1. The summed E-state index contributed by atoms with van der Waals surface area (Å²) in [6.45, 7) is 0.331. The molecule has 1 fully saturated rings. The first-order valence-electron chi connectivity index (χ1n) is 9.01. The van der Waals surface area contributed by atoms with Gasteiger partial charge in [-0.1, -0.05) is 48.5 Å². The Hall–Kier alpha value is -3.02. The summed E-state index contributed by atoms with van der Waals surface area (Å²) in [6.07, 6.45) is 1.78. The molecule has 3 rings (SSSR count). The Labute approximate surface area is 162 Å². The van der Waals surface area contributed by atoms with E-state index in [-0.39, 0.29) is 11.5 Å². The van der Waals surface area contributed by atoms with Gasteiger partial charge in [0.15, 0.2) is 0 Å². The standard InChI is InChI=1S/C22H21F2NO3/c1-28-19-11-7-16(8-12-19)15-25-18(10-14-21(25)27)9-13-20(26)22(23,24)17-5-3-2-4-6-17/h2-9,11-12H,10,13-15H2,1H3. The summed E-state index contributed by atoms with van der Waals surface area (Å²) >= 11 is 0. The number of carbonyl (C=O) groups excluding carboxylic acids is 2. The van der Waals surface area contributed by atoms with Crippen molar-refractivity contribution < 1.29 is 23.1 Å². The van der Waals surface area contributed by atoms with Crippen LogP contribution in [0.2, 0.25) is 0 Å². The maximum absolute atomic E-state index is 14.3. The van der Waals surface area contributed by atoms with Crippen molar-refractivity contribution in [1.29, 1.82) is 0 Å². The number of amides is 1. The first kappa shape index (κ1) is 19.7. The number of rotatable bonds is 7. The van der Waals surface area contributed by atoms with Crippen molar-refractivity contribution in [2.75, 3.05) is 7.11 Å². The van der Waals surface area contributed by atoms with Crippen LogP contribution in [-0.4, -0.2) is 23.7 Å². The molecule has 6 heteroatoms. The number of alkyl halides is 2. The van der Waals surface area contributed by atoms with Gasteiger partial charge in [-0.2, -0.15) is 8.78 Å². The summed E-state index contributed by atoms with van der Waals surface area (Å²) in [5, 5.41) is 0. The lowest BCUT2D eigenvalue weighted by Gasteiger charge is -2.19. The van der Waals surface area contributed by atoms with E-state index in [0.29, 0.717) is 30.8 Å². The molecule has 2 aromatic rings. The van der Waals surface area contributed by atoms with Crippen molar-refractivity contribution in [2.45, 2.75) is 31.7 Å². The highest BCUT2D eigenvalue weighted by Crippen LogP contribution is 2.31. The molecule has 2 aromatic carbocycles. The van der Waals surface area contributed by atoms with Crippen LogP contribution in [-0.2, 0) is 22.1 Å². The van der Waals surface area contributed by atoms with Crippen LogP contribution in [0.4, 0.5) is 8.78 Å². The highest BCUT2D eigenvalue weighted by Gasteiger charge is 2.39. The first-order chi connectivity index (χ1) is 13.4. The quantitative estimate of drug-likeness (QED) is 0.707. The summed E-state index contributed by atoms with van der Waals surface area (Å²) < 4.78 is 33.8. The number of carbonyl (C=O) groups is 2. The van der Waals surface area contributed by atoms with Crippen molar-refractivity contribution >= 4 is 11.7 Å². The summed E-state index contributed by atoms with van der Waals surface area (Å²) in [5.74, 6) is -4.11. The zero-order valence-corrected chi connectivity index (χ0v) is 15.5. The second-order valence-electron chi connectivity index (χ2n) is 6.59. The molecule has 146 valence electrons. The minimum atomic E-state index is -3.55. The fourth-order valence-electron chi connectivity index (χ4n) is 3.13. The largest absolute Gasteiger partial charge is 0.497 e. The van der Waals surface area contributed by atoms with Crippen molar-refractivity contribution in [1.82, 2.24) is 4.90 Å². The number of likely N-dealkylation sites (tertiary alicyclic amines) is 1. The lowest BCUT2D eigenvalue weighted by Crippen LogP contribution is -2.26. The maximum Gasteiger partial charge on any atom is 0.330 e. The van der Waals surface area contributed by atoms with E-state index in [1.807, 2.05) is 12.1 Å². The molecule has 1 saturated heterocycles. The van der Waals surface area contributed by atoms with Crippen molar-refractivity contribution in [3.63, 3.8) is 0 Å². The fourth-order valence-corrected chi connectivity index (χ4v) is 3.13. The average molecular weight is 385 g/mol. The van der Waals surface area contributed by atoms with Gasteiger partial charge in [0, 0.05) is 24.1 Å². The maximum atomic E-state index is 14.3. The predicted octanol–water partition coefficient (Wildman–Crippen LogP) is 4.45. The van der Waals surface area contributed by atoms with Gasteiger partial charge in [0.1, 0.15) is 5.75 Å². The van der Waals surface area contributed by atoms with Gasteiger partial charge in [0.25, 0.3) is 0 Å². The van der Waals surface area contributed by atoms with Crippen LogP contribution in [0.15, 0.2) is 66.4 Å². The average Bonchev–Trinajstić information content (AvgIpc) is 3.06. The van der Waals surface area contributed by atoms with Gasteiger partial charge >= 0.3 is 5.92 Å². The lowest BCUT2D eigenvalue weighted by atomic mass is 10.0. The second-order valence-corrected chi connectivity index (χ2v) is 6.59. The molecule has 0 aliphatic carbocycles. The normalized spacial score (nSPS) is 15.9. The lowest BCUT2D eigenvalue weighted by molar-refractivity contribution is -0.143. The molecule has 0 saturated carbocycles. The van der Waals surface area contributed by atoms with Gasteiger partial charge in [-0.05, 0) is 24.1 Å². The minimum absolute atomic E-state index is 0.0793. The Kier molecular flexibility index (Phi) is 5.87. The van der Waals surface area contributed by atoms with E-state index in [2.05, 4.69) is 0 Å². The third-order valence-electron chi connectivity index (χ3n) is 4.75. The van der Waals surface area contributed by atoms with Crippen molar-refractivity contribution in [3.8, 4) is 5.75 Å². The Morgan fingerprint density at radius 1 is 1.11 bits per heavy atom. The summed E-state index contributed by atoms with van der Waals surface area (Å²) in [6, 6.07) is 14.3. The van der Waals surface area contributed by atoms with Gasteiger partial charge in [0.05, 0.1) is 13.7 Å². The molecule has 0 spiro atoms. The number of halogens is 2. The third kappa shape index (κ3) is 4.27. The smallest absolute Gasteiger partial charge is 0.330 e. The monoisotopic (exact) mass is 385 g/mol. The van der Waals surface area contributed by atoms with E-state index in [1.165, 1.54) is 30.3 Å². The molecule has 1 aliphatic heterocycles. The van der Waals surface area contributed by atoms with Crippen LogP contribution in [0.25, 0.3) is 0 Å². The van der Waals surface area contributed by atoms with E-state index >= 15 is 0 Å². The van der Waals surface area contributed by atoms with Gasteiger partial charge in [0.2, 0.25) is 11.7 Å². The number of hydrogen-bond donors (Lipinski definition) is 0. The van der Waals surface area contributed by atoms with E-state index < -0.39 is 18.1 Å². The number of benzene rings is 2.